The lowest BCUT2D eigenvalue weighted by Crippen LogP contribution is -2.55. The summed E-state index contributed by atoms with van der Waals surface area (Å²) in [5, 5.41) is 24.2. The molecule has 36 heavy (non-hydrogen) atoms. The van der Waals surface area contributed by atoms with Crippen LogP contribution in [0.2, 0.25) is 0 Å². The van der Waals surface area contributed by atoms with Crippen LogP contribution in [-0.4, -0.2) is 51.1 Å². The van der Waals surface area contributed by atoms with Crippen molar-refractivity contribution in [1.82, 2.24) is 15.2 Å². The molecule has 3 N–H and O–H groups in total. The van der Waals surface area contributed by atoms with Crippen molar-refractivity contribution in [2.24, 2.45) is 0 Å². The summed E-state index contributed by atoms with van der Waals surface area (Å²) in [7, 11) is 0. The molecule has 0 spiro atoms. The highest BCUT2D eigenvalue weighted by Gasteiger charge is 2.50. The summed E-state index contributed by atoms with van der Waals surface area (Å²) in [6, 6.07) is 4.93. The quantitative estimate of drug-likeness (QED) is 0.342. The molecule has 2 aromatic heterocycles. The molecule has 1 fully saturated rings. The van der Waals surface area contributed by atoms with Crippen LogP contribution in [0.1, 0.15) is 51.2 Å². The molecule has 0 bridgehead atoms. The summed E-state index contributed by atoms with van der Waals surface area (Å²) >= 11 is 0. The lowest BCUT2D eigenvalue weighted by molar-refractivity contribution is -0.148. The summed E-state index contributed by atoms with van der Waals surface area (Å²) in [5.74, 6) is 0.123. The Morgan fingerprint density at radius 3 is 2.44 bits per heavy atom. The third-order valence-corrected chi connectivity index (χ3v) is 6.24. The number of alkyl halides is 5. The molecule has 1 aliphatic carbocycles. The zero-order valence-electron chi connectivity index (χ0n) is 20.3. The summed E-state index contributed by atoms with van der Waals surface area (Å²) in [6.45, 7) is 7.57. The number of nitrogens with zero attached hydrogens (tertiary/aromatic N) is 3. The van der Waals surface area contributed by atoms with E-state index in [0.717, 1.165) is 16.5 Å². The summed E-state index contributed by atoms with van der Waals surface area (Å²) in [6.07, 6.45) is -8.28. The van der Waals surface area contributed by atoms with Crippen molar-refractivity contribution >= 4 is 22.6 Å². The van der Waals surface area contributed by atoms with E-state index in [1.54, 1.807) is 18.2 Å². The Morgan fingerprint density at radius 1 is 1.14 bits per heavy atom. The Bertz CT molecular complexity index is 1250. The normalized spacial score (nSPS) is 20.6. The topological polar surface area (TPSA) is 96.1 Å². The zero-order valence-corrected chi connectivity index (χ0v) is 20.3. The Kier molecular flexibility index (Phi) is 6.61. The third kappa shape index (κ3) is 5.53. The van der Waals surface area contributed by atoms with E-state index in [-0.39, 0.29) is 36.7 Å². The molecule has 0 unspecified atom stereocenters. The van der Waals surface area contributed by atoms with Gasteiger partial charge in [0.15, 0.2) is 0 Å². The fraction of sp³-hybridized carbons (Fsp3) is 0.542. The van der Waals surface area contributed by atoms with Crippen molar-refractivity contribution < 1.29 is 31.5 Å². The van der Waals surface area contributed by atoms with Gasteiger partial charge in [0.2, 0.25) is 0 Å². The van der Waals surface area contributed by atoms with Gasteiger partial charge >= 0.3 is 12.2 Å². The molecule has 196 valence electrons. The first-order chi connectivity index (χ1) is 16.6. The van der Waals surface area contributed by atoms with Crippen LogP contribution in [-0.2, 0) is 5.41 Å². The van der Waals surface area contributed by atoms with E-state index in [4.69, 9.17) is 9.40 Å². The first-order valence-electron chi connectivity index (χ1n) is 11.5. The van der Waals surface area contributed by atoms with E-state index in [1.165, 1.54) is 0 Å². The Hall–Kier alpha value is -3.02. The van der Waals surface area contributed by atoms with Gasteiger partial charge in [-0.15, -0.1) is 5.10 Å². The predicted octanol–water partition coefficient (Wildman–Crippen LogP) is 5.83. The van der Waals surface area contributed by atoms with Gasteiger partial charge in [0.25, 0.3) is 12.3 Å². The molecule has 0 atom stereocenters. The average Bonchev–Trinajstić information content (AvgIpc) is 3.19. The summed E-state index contributed by atoms with van der Waals surface area (Å²) in [5.41, 5.74) is 0.913. The monoisotopic (exact) mass is 513 g/mol. The Morgan fingerprint density at radius 2 is 1.83 bits per heavy atom. The number of pyridine rings is 1. The van der Waals surface area contributed by atoms with E-state index in [2.05, 4.69) is 20.8 Å². The SMILES string of the molecule is Cc1cc(-c2nnc(NC3CC(O)(C(F)F)C3)o2)nc2c(C(C)(C)C)cc(NCCC(F)(F)F)cc12. The molecule has 1 aromatic carbocycles. The number of aryl methyl sites for hydroxylation is 1. The highest BCUT2D eigenvalue weighted by atomic mass is 19.4. The van der Waals surface area contributed by atoms with Crippen molar-refractivity contribution in [3.8, 4) is 11.6 Å². The van der Waals surface area contributed by atoms with Gasteiger partial charge in [0.1, 0.15) is 11.3 Å². The summed E-state index contributed by atoms with van der Waals surface area (Å²) < 4.78 is 69.1. The molecule has 0 aliphatic heterocycles. The molecule has 0 saturated heterocycles. The van der Waals surface area contributed by atoms with Gasteiger partial charge < -0.3 is 20.2 Å². The number of halogens is 5. The lowest BCUT2D eigenvalue weighted by Gasteiger charge is -2.42. The number of aliphatic hydroxyl groups is 1. The third-order valence-electron chi connectivity index (χ3n) is 6.24. The minimum atomic E-state index is -4.25. The maximum absolute atomic E-state index is 12.8. The average molecular weight is 514 g/mol. The highest BCUT2D eigenvalue weighted by molar-refractivity contribution is 5.90. The van der Waals surface area contributed by atoms with Gasteiger partial charge in [-0.2, -0.15) is 13.2 Å². The zero-order chi connectivity index (χ0) is 26.5. The van der Waals surface area contributed by atoms with Crippen molar-refractivity contribution in [2.75, 3.05) is 17.2 Å². The number of benzene rings is 1. The van der Waals surface area contributed by atoms with Crippen LogP contribution in [0.3, 0.4) is 0 Å². The van der Waals surface area contributed by atoms with Gasteiger partial charge in [-0.1, -0.05) is 25.9 Å². The van der Waals surface area contributed by atoms with Gasteiger partial charge in [-0.3, -0.25) is 0 Å². The molecule has 3 aromatic rings. The number of hydrogen-bond acceptors (Lipinski definition) is 7. The number of anilines is 2. The van der Waals surface area contributed by atoms with Crippen LogP contribution >= 0.6 is 0 Å². The number of fused-ring (bicyclic) bond motifs is 1. The van der Waals surface area contributed by atoms with Crippen molar-refractivity contribution in [3.63, 3.8) is 0 Å². The number of aromatic nitrogens is 3. The van der Waals surface area contributed by atoms with E-state index in [9.17, 15) is 27.1 Å². The smallest absolute Gasteiger partial charge is 0.390 e. The minimum Gasteiger partial charge on any atom is -0.402 e. The van der Waals surface area contributed by atoms with E-state index in [0.29, 0.717) is 16.9 Å². The first-order valence-corrected chi connectivity index (χ1v) is 11.5. The minimum absolute atomic E-state index is 0.0334. The molecule has 2 heterocycles. The van der Waals surface area contributed by atoms with Crippen LogP contribution < -0.4 is 10.6 Å². The molecule has 12 heteroatoms. The van der Waals surface area contributed by atoms with Gasteiger partial charge in [-0.25, -0.2) is 13.8 Å². The Balaban J connectivity index is 1.61. The molecule has 1 saturated carbocycles. The second-order valence-electron chi connectivity index (χ2n) is 10.4. The van der Waals surface area contributed by atoms with E-state index < -0.39 is 30.7 Å². The fourth-order valence-corrected chi connectivity index (χ4v) is 4.26. The Labute approximate surface area is 204 Å². The van der Waals surface area contributed by atoms with Crippen LogP contribution in [0, 0.1) is 6.92 Å². The molecular formula is C24H28F5N5O2. The van der Waals surface area contributed by atoms with Crippen LogP contribution in [0.15, 0.2) is 22.6 Å². The van der Waals surface area contributed by atoms with Crippen LogP contribution in [0.4, 0.5) is 33.7 Å². The van der Waals surface area contributed by atoms with Crippen molar-refractivity contribution in [2.45, 2.75) is 76.6 Å². The second-order valence-corrected chi connectivity index (χ2v) is 10.4. The van der Waals surface area contributed by atoms with E-state index >= 15 is 0 Å². The maximum atomic E-state index is 12.8. The lowest BCUT2D eigenvalue weighted by atomic mass is 9.76. The standard InChI is InChI=1S/C24H28F5N5O2/c1-12-7-17(19-33-34-21(36-19)31-14-10-23(35,11-14)20(25)26)32-18-15(12)8-13(9-16(18)22(2,3)4)30-6-5-24(27,28)29/h7-9,14,20,30,35H,5-6,10-11H2,1-4H3,(H,31,34). The molecule has 4 rings (SSSR count). The van der Waals surface area contributed by atoms with Gasteiger partial charge in [0, 0.05) is 36.5 Å². The molecule has 7 nitrogen and oxygen atoms in total. The van der Waals surface area contributed by atoms with Gasteiger partial charge in [-0.05, 0) is 41.7 Å². The molecule has 0 radical (unpaired) electrons. The van der Waals surface area contributed by atoms with Crippen molar-refractivity contribution in [3.05, 3.63) is 29.3 Å². The van der Waals surface area contributed by atoms with Crippen LogP contribution in [0.5, 0.6) is 0 Å². The molecular weight excluding hydrogens is 485 g/mol. The number of nitrogens with one attached hydrogen (secondary N) is 2. The first kappa shape index (κ1) is 26.1. The molecule has 1 aliphatic rings. The summed E-state index contributed by atoms with van der Waals surface area (Å²) in [4.78, 5) is 4.74. The predicted molar refractivity (Wildman–Crippen MR) is 125 cm³/mol. The largest absolute Gasteiger partial charge is 0.402 e. The van der Waals surface area contributed by atoms with E-state index in [1.807, 2.05) is 27.7 Å². The fourth-order valence-electron chi connectivity index (χ4n) is 4.26. The highest BCUT2D eigenvalue weighted by Crippen LogP contribution is 2.39. The second kappa shape index (κ2) is 9.13. The number of hydrogen-bond donors (Lipinski definition) is 3. The van der Waals surface area contributed by atoms with Gasteiger partial charge in [0.05, 0.1) is 11.9 Å². The molecule has 0 amide bonds. The number of rotatable bonds is 7. The van der Waals surface area contributed by atoms with Crippen LogP contribution in [0.25, 0.3) is 22.5 Å². The van der Waals surface area contributed by atoms with Crippen molar-refractivity contribution in [1.29, 1.82) is 0 Å². The maximum Gasteiger partial charge on any atom is 0.390 e.